The van der Waals surface area contributed by atoms with Gasteiger partial charge in [-0.2, -0.15) is 0 Å². The maximum atomic E-state index is 15.8. The lowest BCUT2D eigenvalue weighted by atomic mass is 9.84. The summed E-state index contributed by atoms with van der Waals surface area (Å²) in [6.07, 6.45) is 6.64. The average Bonchev–Trinajstić information content (AvgIpc) is 3.47. The number of rotatable bonds is 3. The molecule has 10 heteroatoms. The number of halogens is 1. The van der Waals surface area contributed by atoms with Gasteiger partial charge in [0.15, 0.2) is 0 Å². The molecular formula is C23H19FN4O4S. The number of likely N-dealkylation sites (N-methyl/N-ethyl adjacent to an activating group) is 1. The first-order valence-corrected chi connectivity index (χ1v) is 11.3. The molecule has 1 aliphatic heterocycles. The zero-order valence-corrected chi connectivity index (χ0v) is 18.6. The number of anilines is 1. The molecule has 0 spiro atoms. The van der Waals surface area contributed by atoms with E-state index in [0.717, 1.165) is 0 Å². The van der Waals surface area contributed by atoms with Gasteiger partial charge in [0.25, 0.3) is 0 Å². The van der Waals surface area contributed by atoms with Crippen LogP contribution >= 0.6 is 11.3 Å². The number of hydrogen-bond acceptors (Lipinski definition) is 7. The number of thiazole rings is 1. The Morgan fingerprint density at radius 3 is 2.94 bits per heavy atom. The molecule has 2 aliphatic rings. The fourth-order valence-electron chi connectivity index (χ4n) is 5.44. The van der Waals surface area contributed by atoms with Gasteiger partial charge in [0.2, 0.25) is 11.2 Å². The second kappa shape index (κ2) is 6.75. The monoisotopic (exact) mass is 466 g/mol. The number of nitrogens with one attached hydrogen (secondary N) is 1. The average molecular weight is 466 g/mol. The van der Waals surface area contributed by atoms with E-state index in [2.05, 4.69) is 22.5 Å². The van der Waals surface area contributed by atoms with E-state index < -0.39 is 17.4 Å². The van der Waals surface area contributed by atoms with Crippen molar-refractivity contribution in [2.75, 3.05) is 32.1 Å². The minimum absolute atomic E-state index is 0.0676. The zero-order chi connectivity index (χ0) is 23.1. The van der Waals surface area contributed by atoms with E-state index in [1.165, 1.54) is 17.4 Å². The fourth-order valence-corrected chi connectivity index (χ4v) is 6.41. The number of allylic oxidation sites excluding steroid dienone is 2. The SMILES string of the molecule is CN=c1c2c(N3CC4C=CC=CC4(NC)C3)c(F)cc3c(=O)c(OC(=O)O)c4scc1n4c32. The molecular weight excluding hydrogens is 447 g/mol. The van der Waals surface area contributed by atoms with Crippen LogP contribution in [0.3, 0.4) is 0 Å². The van der Waals surface area contributed by atoms with Crippen LogP contribution in [0.1, 0.15) is 0 Å². The van der Waals surface area contributed by atoms with Gasteiger partial charge < -0.3 is 20.1 Å². The van der Waals surface area contributed by atoms with Crippen LogP contribution in [-0.4, -0.2) is 48.4 Å². The fraction of sp³-hybridized carbons (Fsp3) is 0.261. The lowest BCUT2D eigenvalue weighted by molar-refractivity contribution is 0.144. The summed E-state index contributed by atoms with van der Waals surface area (Å²) in [6, 6.07) is 1.19. The van der Waals surface area contributed by atoms with Gasteiger partial charge in [-0.3, -0.25) is 14.2 Å². The summed E-state index contributed by atoms with van der Waals surface area (Å²) in [5.74, 6) is -0.720. The molecule has 2 atom stereocenters. The second-order valence-corrected chi connectivity index (χ2v) is 9.22. The van der Waals surface area contributed by atoms with E-state index in [1.54, 1.807) is 16.8 Å². The molecule has 168 valence electrons. The Morgan fingerprint density at radius 1 is 1.42 bits per heavy atom. The van der Waals surface area contributed by atoms with Gasteiger partial charge in [-0.05, 0) is 13.1 Å². The molecule has 1 aromatic carbocycles. The van der Waals surface area contributed by atoms with E-state index in [0.29, 0.717) is 45.4 Å². The molecule has 1 aliphatic carbocycles. The quantitative estimate of drug-likeness (QED) is 0.451. The highest BCUT2D eigenvalue weighted by Gasteiger charge is 2.45. The number of pyridine rings is 1. The number of fused-ring (bicyclic) bond motifs is 1. The number of carbonyl (C=O) groups is 1. The van der Waals surface area contributed by atoms with Crippen molar-refractivity contribution in [3.05, 3.63) is 57.1 Å². The highest BCUT2D eigenvalue weighted by atomic mass is 32.1. The van der Waals surface area contributed by atoms with Crippen LogP contribution in [-0.2, 0) is 0 Å². The van der Waals surface area contributed by atoms with Crippen molar-refractivity contribution < 1.29 is 19.0 Å². The van der Waals surface area contributed by atoms with Crippen molar-refractivity contribution in [1.29, 1.82) is 0 Å². The predicted molar refractivity (Wildman–Crippen MR) is 125 cm³/mol. The largest absolute Gasteiger partial charge is 0.511 e. The molecule has 4 aromatic rings. The van der Waals surface area contributed by atoms with Gasteiger partial charge in [0.1, 0.15) is 10.6 Å². The Kier molecular flexibility index (Phi) is 4.12. The summed E-state index contributed by atoms with van der Waals surface area (Å²) in [5.41, 5.74) is 0.633. The van der Waals surface area contributed by atoms with Crippen molar-refractivity contribution in [3.8, 4) is 5.75 Å². The van der Waals surface area contributed by atoms with Crippen molar-refractivity contribution in [2.24, 2.45) is 10.9 Å². The van der Waals surface area contributed by atoms with Crippen LogP contribution < -0.4 is 25.7 Å². The molecule has 2 unspecified atom stereocenters. The minimum Gasteiger partial charge on any atom is -0.449 e. The number of ether oxygens (including phenoxy) is 1. The number of benzene rings is 1. The summed E-state index contributed by atoms with van der Waals surface area (Å²) in [7, 11) is 3.53. The topological polar surface area (TPSA) is 95.6 Å². The maximum Gasteiger partial charge on any atom is 0.511 e. The van der Waals surface area contributed by atoms with E-state index in [4.69, 9.17) is 9.84 Å². The van der Waals surface area contributed by atoms with Gasteiger partial charge >= 0.3 is 6.16 Å². The van der Waals surface area contributed by atoms with Crippen LogP contribution in [0.25, 0.3) is 26.6 Å². The third kappa shape index (κ3) is 2.50. The number of carboxylic acid groups (broad SMARTS) is 1. The molecule has 6 rings (SSSR count). The van der Waals surface area contributed by atoms with Crippen molar-refractivity contribution in [1.82, 2.24) is 9.72 Å². The molecule has 0 radical (unpaired) electrons. The van der Waals surface area contributed by atoms with Crippen molar-refractivity contribution in [2.45, 2.75) is 5.54 Å². The van der Waals surface area contributed by atoms with Crippen molar-refractivity contribution in [3.63, 3.8) is 0 Å². The summed E-state index contributed by atoms with van der Waals surface area (Å²) >= 11 is 1.20. The molecule has 33 heavy (non-hydrogen) atoms. The first kappa shape index (κ1) is 20.1. The second-order valence-electron chi connectivity index (χ2n) is 8.36. The molecule has 0 amide bonds. The Hall–Kier alpha value is -3.50. The van der Waals surface area contributed by atoms with Gasteiger partial charge in [-0.25, -0.2) is 9.18 Å². The third-order valence-corrected chi connectivity index (χ3v) is 7.81. The van der Waals surface area contributed by atoms with E-state index in [1.807, 2.05) is 24.1 Å². The first-order chi connectivity index (χ1) is 15.9. The molecule has 8 nitrogen and oxygen atoms in total. The van der Waals surface area contributed by atoms with Crippen molar-refractivity contribution >= 4 is 49.8 Å². The maximum absolute atomic E-state index is 15.8. The van der Waals surface area contributed by atoms with Gasteiger partial charge in [-0.15, -0.1) is 11.3 Å². The Labute approximate surface area is 190 Å². The van der Waals surface area contributed by atoms with E-state index in [9.17, 15) is 9.59 Å². The predicted octanol–water partition coefficient (Wildman–Crippen LogP) is 2.79. The molecule has 1 saturated heterocycles. The normalized spacial score (nSPS) is 22.9. The Balaban J connectivity index is 1.70. The summed E-state index contributed by atoms with van der Waals surface area (Å²) in [6.45, 7) is 1.14. The van der Waals surface area contributed by atoms with Crippen LogP contribution in [0.5, 0.6) is 5.75 Å². The van der Waals surface area contributed by atoms with Crippen LogP contribution in [0, 0.1) is 11.7 Å². The lowest BCUT2D eigenvalue weighted by Gasteiger charge is -2.31. The molecule has 0 bridgehead atoms. The zero-order valence-electron chi connectivity index (χ0n) is 17.8. The smallest absolute Gasteiger partial charge is 0.449 e. The molecule has 1 fully saturated rings. The summed E-state index contributed by atoms with van der Waals surface area (Å²) in [5, 5.41) is 15.5. The van der Waals surface area contributed by atoms with Gasteiger partial charge in [-0.1, -0.05) is 24.3 Å². The van der Waals surface area contributed by atoms with E-state index >= 15 is 4.39 Å². The highest BCUT2D eigenvalue weighted by Crippen LogP contribution is 2.42. The standard InChI is InChI=1S/C23H19FN4O4S/c1-25-16-14-9-33-21-20(32-22(30)31)19(29)12-7-13(24)18(15(16)17(12)28(14)21)27-8-11-5-3-4-6-23(11,10-27)26-2/h3-7,9,11,26H,8,10H2,1-2H3,(H,30,31). The number of hydrogen-bond donors (Lipinski definition) is 2. The molecule has 2 N–H and O–H groups in total. The Morgan fingerprint density at radius 2 is 2.24 bits per heavy atom. The van der Waals surface area contributed by atoms with E-state index in [-0.39, 0.29) is 22.6 Å². The first-order valence-electron chi connectivity index (χ1n) is 10.4. The molecule has 0 saturated carbocycles. The highest BCUT2D eigenvalue weighted by molar-refractivity contribution is 7.16. The minimum atomic E-state index is -1.60. The Bertz CT molecular complexity index is 1640. The molecule has 4 heterocycles. The molecule has 3 aromatic heterocycles. The summed E-state index contributed by atoms with van der Waals surface area (Å²) in [4.78, 5) is 31.2. The van der Waals surface area contributed by atoms with Gasteiger partial charge in [0, 0.05) is 31.4 Å². The van der Waals surface area contributed by atoms with Crippen LogP contribution in [0.4, 0.5) is 14.9 Å². The van der Waals surface area contributed by atoms with Crippen LogP contribution in [0.2, 0.25) is 0 Å². The van der Waals surface area contributed by atoms with Gasteiger partial charge in [0.05, 0.1) is 38.4 Å². The number of aromatic nitrogens is 1. The summed E-state index contributed by atoms with van der Waals surface area (Å²) < 4.78 is 22.4. The van der Waals surface area contributed by atoms with Crippen LogP contribution in [0.15, 0.2) is 45.5 Å². The lowest BCUT2D eigenvalue weighted by Crippen LogP contribution is -2.48. The number of nitrogens with zero attached hydrogens (tertiary/aromatic N) is 3. The third-order valence-electron chi connectivity index (χ3n) is 6.87.